The summed E-state index contributed by atoms with van der Waals surface area (Å²) in [5, 5.41) is 3.09. The number of aromatic amines is 1. The molecule has 1 aliphatic carbocycles. The van der Waals surface area contributed by atoms with E-state index in [2.05, 4.69) is 15.3 Å². The van der Waals surface area contributed by atoms with Crippen molar-refractivity contribution in [2.75, 3.05) is 25.6 Å². The summed E-state index contributed by atoms with van der Waals surface area (Å²) < 4.78 is 10.9. The minimum atomic E-state index is -0.287. The largest absolute Gasteiger partial charge is 0.489 e. The molecule has 1 aromatic heterocycles. The molecule has 0 aromatic carbocycles. The number of ether oxygens (including phenoxy) is 2. The van der Waals surface area contributed by atoms with Gasteiger partial charge in [0.25, 0.3) is 5.56 Å². The number of nitrogens with two attached hydrogens (primary N) is 1. The number of rotatable bonds is 7. The zero-order valence-electron chi connectivity index (χ0n) is 12.4. The number of nitrogens with zero attached hydrogens (tertiary/aromatic N) is 1. The number of hydrogen-bond donors (Lipinski definition) is 3. The maximum atomic E-state index is 11.5. The lowest BCUT2D eigenvalue weighted by Crippen LogP contribution is -2.30. The van der Waals surface area contributed by atoms with Crippen molar-refractivity contribution in [1.82, 2.24) is 9.97 Å². The molecule has 1 fully saturated rings. The van der Waals surface area contributed by atoms with Gasteiger partial charge in [-0.3, -0.25) is 4.79 Å². The average Bonchev–Trinajstić information content (AvgIpc) is 2.49. The molecule has 21 heavy (non-hydrogen) atoms. The number of aromatic nitrogens is 2. The summed E-state index contributed by atoms with van der Waals surface area (Å²) in [5.74, 6) is 0.671. The summed E-state index contributed by atoms with van der Waals surface area (Å²) in [4.78, 5) is 18.0. The van der Waals surface area contributed by atoms with Gasteiger partial charge in [-0.15, -0.1) is 0 Å². The second-order valence-corrected chi connectivity index (χ2v) is 5.30. The second-order valence-electron chi connectivity index (χ2n) is 5.30. The normalized spacial score (nSPS) is 22.0. The summed E-state index contributed by atoms with van der Waals surface area (Å²) >= 11 is 0. The molecule has 1 aromatic rings. The molecule has 7 nitrogen and oxygen atoms in total. The smallest absolute Gasteiger partial charge is 0.295 e. The van der Waals surface area contributed by atoms with Crippen molar-refractivity contribution >= 4 is 5.82 Å². The highest BCUT2D eigenvalue weighted by Gasteiger charge is 2.18. The molecule has 0 radical (unpaired) electrons. The fourth-order valence-electron chi connectivity index (χ4n) is 2.49. The fraction of sp³-hybridized carbons (Fsp3) is 0.714. The van der Waals surface area contributed by atoms with E-state index in [1.807, 2.05) is 0 Å². The van der Waals surface area contributed by atoms with E-state index in [0.29, 0.717) is 31.1 Å². The minimum absolute atomic E-state index is 0.208. The molecule has 1 aliphatic rings. The zero-order chi connectivity index (χ0) is 15.1. The summed E-state index contributed by atoms with van der Waals surface area (Å²) in [6.07, 6.45) is 6.76. The van der Waals surface area contributed by atoms with E-state index in [0.717, 1.165) is 32.1 Å². The highest BCUT2D eigenvalue weighted by Crippen LogP contribution is 2.20. The van der Waals surface area contributed by atoms with Crippen LogP contribution in [0.5, 0.6) is 5.75 Å². The van der Waals surface area contributed by atoms with E-state index in [-0.39, 0.29) is 11.3 Å². The van der Waals surface area contributed by atoms with Crippen LogP contribution >= 0.6 is 0 Å². The van der Waals surface area contributed by atoms with Crippen molar-refractivity contribution in [3.63, 3.8) is 0 Å². The van der Waals surface area contributed by atoms with Crippen molar-refractivity contribution in [2.45, 2.75) is 44.2 Å². The Labute approximate surface area is 124 Å². The van der Waals surface area contributed by atoms with Crippen LogP contribution in [-0.2, 0) is 4.74 Å². The van der Waals surface area contributed by atoms with E-state index >= 15 is 0 Å². The van der Waals surface area contributed by atoms with Gasteiger partial charge in [0.2, 0.25) is 5.75 Å². The number of H-pyrrole nitrogens is 1. The van der Waals surface area contributed by atoms with Crippen LogP contribution in [0, 0.1) is 0 Å². The van der Waals surface area contributed by atoms with E-state index in [4.69, 9.17) is 15.2 Å². The summed E-state index contributed by atoms with van der Waals surface area (Å²) in [7, 11) is 1.45. The topological polar surface area (TPSA) is 102 Å². The Kier molecular flexibility index (Phi) is 6.01. The highest BCUT2D eigenvalue weighted by atomic mass is 16.5. The monoisotopic (exact) mass is 296 g/mol. The molecular weight excluding hydrogens is 272 g/mol. The zero-order valence-corrected chi connectivity index (χ0v) is 12.4. The lowest BCUT2D eigenvalue weighted by molar-refractivity contribution is 0.0251. The quantitative estimate of drug-likeness (QED) is 0.645. The van der Waals surface area contributed by atoms with Crippen molar-refractivity contribution in [3.05, 3.63) is 16.7 Å². The molecule has 0 atom stereocenters. The van der Waals surface area contributed by atoms with Gasteiger partial charge in [-0.2, -0.15) is 0 Å². The van der Waals surface area contributed by atoms with Gasteiger partial charge in [-0.05, 0) is 32.1 Å². The van der Waals surface area contributed by atoms with Crippen molar-refractivity contribution < 1.29 is 9.47 Å². The number of nitrogens with one attached hydrogen (secondary N) is 2. The van der Waals surface area contributed by atoms with Crippen LogP contribution in [-0.4, -0.2) is 42.4 Å². The van der Waals surface area contributed by atoms with Gasteiger partial charge in [0.05, 0.1) is 19.5 Å². The Morgan fingerprint density at radius 2 is 2.19 bits per heavy atom. The maximum absolute atomic E-state index is 11.5. The summed E-state index contributed by atoms with van der Waals surface area (Å²) in [6, 6.07) is 0.348. The van der Waals surface area contributed by atoms with Crippen LogP contribution in [0.15, 0.2) is 11.1 Å². The van der Waals surface area contributed by atoms with Crippen molar-refractivity contribution in [1.29, 1.82) is 0 Å². The van der Waals surface area contributed by atoms with Gasteiger partial charge >= 0.3 is 0 Å². The molecule has 0 unspecified atom stereocenters. The van der Waals surface area contributed by atoms with E-state index in [1.165, 1.54) is 13.4 Å². The first-order chi connectivity index (χ1) is 10.2. The van der Waals surface area contributed by atoms with Crippen molar-refractivity contribution in [3.8, 4) is 5.75 Å². The van der Waals surface area contributed by atoms with Gasteiger partial charge in [0, 0.05) is 19.2 Å². The van der Waals surface area contributed by atoms with Crippen LogP contribution in [0.1, 0.15) is 32.1 Å². The predicted octanol–water partition coefficient (Wildman–Crippen LogP) is 0.867. The lowest BCUT2D eigenvalue weighted by atomic mass is 9.94. The molecule has 0 saturated heterocycles. The Hall–Kier alpha value is -1.60. The number of methoxy groups -OCH3 is 1. The maximum Gasteiger partial charge on any atom is 0.295 e. The van der Waals surface area contributed by atoms with Gasteiger partial charge < -0.3 is 25.5 Å². The molecule has 2 rings (SSSR count). The summed E-state index contributed by atoms with van der Waals surface area (Å²) in [5.41, 5.74) is 5.58. The molecular formula is C14H24N4O3. The first-order valence-corrected chi connectivity index (χ1v) is 7.43. The Bertz CT molecular complexity index is 483. The fourth-order valence-corrected chi connectivity index (χ4v) is 2.49. The first-order valence-electron chi connectivity index (χ1n) is 7.43. The van der Waals surface area contributed by atoms with E-state index in [9.17, 15) is 4.79 Å². The molecule has 1 heterocycles. The summed E-state index contributed by atoms with van der Waals surface area (Å²) in [6.45, 7) is 1.37. The Morgan fingerprint density at radius 1 is 1.43 bits per heavy atom. The van der Waals surface area contributed by atoms with Crippen LogP contribution in [0.4, 0.5) is 5.82 Å². The molecule has 0 spiro atoms. The number of hydrogen-bond acceptors (Lipinski definition) is 6. The SMILES string of the molecule is COc1c(NCCCOC2CCC(N)CC2)nc[nH]c1=O. The highest BCUT2D eigenvalue weighted by molar-refractivity contribution is 5.47. The Morgan fingerprint density at radius 3 is 2.90 bits per heavy atom. The minimum Gasteiger partial charge on any atom is -0.489 e. The van der Waals surface area contributed by atoms with Gasteiger partial charge in [-0.1, -0.05) is 0 Å². The first kappa shape index (κ1) is 15.8. The average molecular weight is 296 g/mol. The number of anilines is 1. The Balaban J connectivity index is 1.66. The third-order valence-corrected chi connectivity index (χ3v) is 3.70. The van der Waals surface area contributed by atoms with Crippen LogP contribution in [0.2, 0.25) is 0 Å². The van der Waals surface area contributed by atoms with Gasteiger partial charge in [-0.25, -0.2) is 4.98 Å². The molecule has 0 aliphatic heterocycles. The molecule has 0 amide bonds. The predicted molar refractivity (Wildman–Crippen MR) is 80.7 cm³/mol. The van der Waals surface area contributed by atoms with Crippen LogP contribution < -0.4 is 21.3 Å². The van der Waals surface area contributed by atoms with Crippen LogP contribution in [0.25, 0.3) is 0 Å². The third-order valence-electron chi connectivity index (χ3n) is 3.70. The van der Waals surface area contributed by atoms with E-state index < -0.39 is 0 Å². The molecule has 118 valence electrons. The van der Waals surface area contributed by atoms with Gasteiger partial charge in [0.1, 0.15) is 0 Å². The third kappa shape index (κ3) is 4.71. The van der Waals surface area contributed by atoms with Gasteiger partial charge in [0.15, 0.2) is 5.82 Å². The molecule has 0 bridgehead atoms. The second kappa shape index (κ2) is 7.99. The van der Waals surface area contributed by atoms with E-state index in [1.54, 1.807) is 0 Å². The van der Waals surface area contributed by atoms with Crippen LogP contribution in [0.3, 0.4) is 0 Å². The standard InChI is InChI=1S/C14H24N4O3/c1-20-12-13(17-9-18-14(12)19)16-7-2-8-21-11-5-3-10(15)4-6-11/h9-11H,2-8,15H2,1H3,(H2,16,17,18,19). The molecule has 1 saturated carbocycles. The lowest BCUT2D eigenvalue weighted by Gasteiger charge is -2.26. The van der Waals surface area contributed by atoms with Crippen molar-refractivity contribution in [2.24, 2.45) is 5.73 Å². The molecule has 7 heteroatoms. The molecule has 4 N–H and O–H groups in total.